The van der Waals surface area contributed by atoms with Crippen molar-refractivity contribution in [1.29, 1.82) is 0 Å². The van der Waals surface area contributed by atoms with Gasteiger partial charge in [0.05, 0.1) is 6.10 Å². The van der Waals surface area contributed by atoms with E-state index in [0.717, 1.165) is 43.8 Å². The monoisotopic (exact) mass is 271 g/mol. The van der Waals surface area contributed by atoms with Crippen LogP contribution in [0.1, 0.15) is 39.2 Å². The molecule has 0 aromatic carbocycles. The number of hydrogen-bond acceptors (Lipinski definition) is 4. The van der Waals surface area contributed by atoms with Crippen molar-refractivity contribution in [3.63, 3.8) is 0 Å². The Morgan fingerprint density at radius 1 is 1.33 bits per heavy atom. The van der Waals surface area contributed by atoms with Crippen LogP contribution in [0.5, 0.6) is 0 Å². The van der Waals surface area contributed by atoms with Crippen molar-refractivity contribution in [3.8, 4) is 0 Å². The van der Waals surface area contributed by atoms with E-state index in [1.807, 2.05) is 6.92 Å². The first-order valence-electron chi connectivity index (χ1n) is 6.50. The molecule has 102 valence electrons. The average Bonchev–Trinajstić information content (AvgIpc) is 2.33. The molecule has 0 radical (unpaired) electrons. The van der Waals surface area contributed by atoms with Crippen LogP contribution in [0.2, 0.25) is 5.15 Å². The fourth-order valence-electron chi connectivity index (χ4n) is 1.61. The first-order valence-corrected chi connectivity index (χ1v) is 6.87. The molecule has 1 rings (SSSR count). The quantitative estimate of drug-likeness (QED) is 0.582. The van der Waals surface area contributed by atoms with Crippen LogP contribution in [-0.4, -0.2) is 29.2 Å². The standard InChI is InChI=1S/C13H22ClN3O/c1-4-11-12(14)16-9-17-13(11)15-7-5-6-8-18-10(2)3/h9-10H,4-8H2,1-3H3,(H,15,16,17). The average molecular weight is 272 g/mol. The van der Waals surface area contributed by atoms with Gasteiger partial charge in [-0.25, -0.2) is 9.97 Å². The number of ether oxygens (including phenoxy) is 1. The molecule has 0 fully saturated rings. The zero-order valence-corrected chi connectivity index (χ0v) is 12.1. The topological polar surface area (TPSA) is 47.0 Å². The van der Waals surface area contributed by atoms with E-state index in [1.165, 1.54) is 6.33 Å². The van der Waals surface area contributed by atoms with E-state index in [9.17, 15) is 0 Å². The zero-order chi connectivity index (χ0) is 13.4. The highest BCUT2D eigenvalue weighted by Gasteiger charge is 2.06. The maximum atomic E-state index is 6.02. The molecule has 0 aliphatic heterocycles. The molecule has 0 atom stereocenters. The number of hydrogen-bond donors (Lipinski definition) is 1. The summed E-state index contributed by atoms with van der Waals surface area (Å²) in [5.74, 6) is 0.849. The number of aromatic nitrogens is 2. The fourth-order valence-corrected chi connectivity index (χ4v) is 1.88. The molecule has 18 heavy (non-hydrogen) atoms. The lowest BCUT2D eigenvalue weighted by Gasteiger charge is -2.11. The molecule has 0 aliphatic carbocycles. The molecule has 4 nitrogen and oxygen atoms in total. The second kappa shape index (κ2) is 8.27. The SMILES string of the molecule is CCc1c(Cl)ncnc1NCCCCOC(C)C. The van der Waals surface area contributed by atoms with Gasteiger partial charge < -0.3 is 10.1 Å². The minimum absolute atomic E-state index is 0.310. The van der Waals surface area contributed by atoms with Gasteiger partial charge in [-0.2, -0.15) is 0 Å². The van der Waals surface area contributed by atoms with Crippen molar-refractivity contribution >= 4 is 17.4 Å². The second-order valence-electron chi connectivity index (χ2n) is 4.40. The summed E-state index contributed by atoms with van der Waals surface area (Å²) in [5.41, 5.74) is 0.984. The van der Waals surface area contributed by atoms with E-state index < -0.39 is 0 Å². The lowest BCUT2D eigenvalue weighted by atomic mass is 10.2. The number of nitrogens with one attached hydrogen (secondary N) is 1. The van der Waals surface area contributed by atoms with Crippen LogP contribution in [0.25, 0.3) is 0 Å². The molecule has 0 bridgehead atoms. The Labute approximate surface area is 114 Å². The molecule has 0 aliphatic rings. The summed E-state index contributed by atoms with van der Waals surface area (Å²) < 4.78 is 5.48. The van der Waals surface area contributed by atoms with Gasteiger partial charge in [-0.1, -0.05) is 18.5 Å². The van der Waals surface area contributed by atoms with Gasteiger partial charge in [-0.15, -0.1) is 0 Å². The Kier molecular flexibility index (Phi) is 6.98. The molecule has 1 aromatic rings. The van der Waals surface area contributed by atoms with E-state index in [2.05, 4.69) is 29.1 Å². The molecule has 0 spiro atoms. The third-order valence-corrected chi connectivity index (χ3v) is 2.89. The molecular formula is C13H22ClN3O. The van der Waals surface area contributed by atoms with Gasteiger partial charge in [0.2, 0.25) is 0 Å². The van der Waals surface area contributed by atoms with Crippen LogP contribution in [-0.2, 0) is 11.2 Å². The first-order chi connectivity index (χ1) is 8.65. The molecule has 0 saturated heterocycles. The number of halogens is 1. The highest BCUT2D eigenvalue weighted by atomic mass is 35.5. The fraction of sp³-hybridized carbons (Fsp3) is 0.692. The molecule has 5 heteroatoms. The van der Waals surface area contributed by atoms with Gasteiger partial charge in [-0.3, -0.25) is 0 Å². The van der Waals surface area contributed by atoms with E-state index in [0.29, 0.717) is 11.3 Å². The first kappa shape index (κ1) is 15.2. The largest absolute Gasteiger partial charge is 0.379 e. The lowest BCUT2D eigenvalue weighted by Crippen LogP contribution is -2.09. The molecular weight excluding hydrogens is 250 g/mol. The molecule has 0 amide bonds. The summed E-state index contributed by atoms with van der Waals surface area (Å²) in [7, 11) is 0. The number of unbranched alkanes of at least 4 members (excludes halogenated alkanes) is 1. The van der Waals surface area contributed by atoms with Gasteiger partial charge in [0.1, 0.15) is 17.3 Å². The Balaban J connectivity index is 2.29. The second-order valence-corrected chi connectivity index (χ2v) is 4.76. The molecule has 0 saturated carbocycles. The van der Waals surface area contributed by atoms with Crippen LogP contribution >= 0.6 is 11.6 Å². The molecule has 0 unspecified atom stereocenters. The van der Waals surface area contributed by atoms with Gasteiger partial charge in [0.25, 0.3) is 0 Å². The Bertz CT molecular complexity index is 358. The van der Waals surface area contributed by atoms with Crippen LogP contribution in [0.15, 0.2) is 6.33 Å². The minimum atomic E-state index is 0.310. The zero-order valence-electron chi connectivity index (χ0n) is 11.4. The summed E-state index contributed by atoms with van der Waals surface area (Å²) >= 11 is 6.02. The van der Waals surface area contributed by atoms with Crippen LogP contribution < -0.4 is 5.32 Å². The number of nitrogens with zero attached hydrogens (tertiary/aromatic N) is 2. The third-order valence-electron chi connectivity index (χ3n) is 2.56. The normalized spacial score (nSPS) is 10.9. The van der Waals surface area contributed by atoms with Gasteiger partial charge in [0.15, 0.2) is 0 Å². The van der Waals surface area contributed by atoms with E-state index in [1.54, 1.807) is 0 Å². The summed E-state index contributed by atoms with van der Waals surface area (Å²) in [5, 5.41) is 3.84. The summed E-state index contributed by atoms with van der Waals surface area (Å²) in [6.45, 7) is 7.84. The minimum Gasteiger partial charge on any atom is -0.379 e. The van der Waals surface area contributed by atoms with Crippen molar-refractivity contribution in [2.75, 3.05) is 18.5 Å². The summed E-state index contributed by atoms with van der Waals surface area (Å²) in [6, 6.07) is 0. The summed E-state index contributed by atoms with van der Waals surface area (Å²) in [4.78, 5) is 8.20. The Morgan fingerprint density at radius 2 is 2.11 bits per heavy atom. The molecule has 1 heterocycles. The van der Waals surface area contributed by atoms with Crippen LogP contribution in [0.3, 0.4) is 0 Å². The van der Waals surface area contributed by atoms with E-state index in [-0.39, 0.29) is 0 Å². The third kappa shape index (κ3) is 5.19. The van der Waals surface area contributed by atoms with Crippen molar-refractivity contribution in [3.05, 3.63) is 17.0 Å². The van der Waals surface area contributed by atoms with Crippen LogP contribution in [0, 0.1) is 0 Å². The van der Waals surface area contributed by atoms with Crippen molar-refractivity contribution in [1.82, 2.24) is 9.97 Å². The molecule has 1 aromatic heterocycles. The smallest absolute Gasteiger partial charge is 0.137 e. The van der Waals surface area contributed by atoms with Gasteiger partial charge >= 0.3 is 0 Å². The lowest BCUT2D eigenvalue weighted by molar-refractivity contribution is 0.0765. The van der Waals surface area contributed by atoms with Crippen molar-refractivity contribution < 1.29 is 4.74 Å². The summed E-state index contributed by atoms with van der Waals surface area (Å²) in [6.07, 6.45) is 4.73. The number of anilines is 1. The van der Waals surface area contributed by atoms with Crippen molar-refractivity contribution in [2.24, 2.45) is 0 Å². The highest BCUT2D eigenvalue weighted by Crippen LogP contribution is 2.19. The van der Waals surface area contributed by atoms with Crippen molar-refractivity contribution in [2.45, 2.75) is 46.1 Å². The van der Waals surface area contributed by atoms with Gasteiger partial charge in [-0.05, 0) is 33.1 Å². The predicted octanol–water partition coefficient (Wildman–Crippen LogP) is 3.31. The Morgan fingerprint density at radius 3 is 2.78 bits per heavy atom. The maximum Gasteiger partial charge on any atom is 0.137 e. The highest BCUT2D eigenvalue weighted by molar-refractivity contribution is 6.30. The number of rotatable bonds is 8. The molecule has 1 N–H and O–H groups in total. The Hall–Kier alpha value is -0.870. The maximum absolute atomic E-state index is 6.02. The van der Waals surface area contributed by atoms with E-state index in [4.69, 9.17) is 16.3 Å². The predicted molar refractivity (Wildman–Crippen MR) is 75.2 cm³/mol. The van der Waals surface area contributed by atoms with Gasteiger partial charge in [0, 0.05) is 18.7 Å². The van der Waals surface area contributed by atoms with E-state index >= 15 is 0 Å². The van der Waals surface area contributed by atoms with Crippen LogP contribution in [0.4, 0.5) is 5.82 Å².